The number of hydrogen-bond acceptors (Lipinski definition) is 4. The molecule has 10 heteroatoms. The Labute approximate surface area is 169 Å². The summed E-state index contributed by atoms with van der Waals surface area (Å²) in [6.07, 6.45) is -0.628. The largest absolute Gasteiger partial charge is 0.364 e. The van der Waals surface area contributed by atoms with Gasteiger partial charge in [0.25, 0.3) is 17.5 Å². The summed E-state index contributed by atoms with van der Waals surface area (Å²) in [7, 11) is 1.62. The smallest absolute Gasteiger partial charge is 0.285 e. The number of aromatic nitrogens is 4. The van der Waals surface area contributed by atoms with E-state index in [0.29, 0.717) is 29.8 Å². The number of hydrogen-bond donors (Lipinski definition) is 1. The number of nitrogens with one attached hydrogen (secondary N) is 1. The summed E-state index contributed by atoms with van der Waals surface area (Å²) in [5.74, 6) is 0. The SMILES string of the molecule is Cn1c(=O)c2c(n1Cc1ccccc1C(F)F)CCN(c1cn[nH]c(=O)c1Cl)C2. The molecular formula is C19H18ClF2N5O2. The summed E-state index contributed by atoms with van der Waals surface area (Å²) >= 11 is 6.10. The van der Waals surface area contributed by atoms with Crippen molar-refractivity contribution in [2.45, 2.75) is 25.9 Å². The zero-order chi connectivity index (χ0) is 20.7. The number of aromatic amines is 1. The molecule has 1 aliphatic rings. The highest BCUT2D eigenvalue weighted by Crippen LogP contribution is 2.28. The number of fused-ring (bicyclic) bond motifs is 1. The van der Waals surface area contributed by atoms with Crippen LogP contribution < -0.4 is 16.0 Å². The number of anilines is 1. The van der Waals surface area contributed by atoms with Crippen molar-refractivity contribution in [3.05, 3.63) is 78.6 Å². The molecule has 0 atom stereocenters. The molecule has 3 aromatic rings. The van der Waals surface area contributed by atoms with Crippen LogP contribution in [-0.4, -0.2) is 26.1 Å². The van der Waals surface area contributed by atoms with Crippen LogP contribution in [0.1, 0.15) is 28.8 Å². The van der Waals surface area contributed by atoms with E-state index in [2.05, 4.69) is 10.2 Å². The highest BCUT2D eigenvalue weighted by molar-refractivity contribution is 6.32. The van der Waals surface area contributed by atoms with E-state index in [-0.39, 0.29) is 29.2 Å². The van der Waals surface area contributed by atoms with Crippen molar-refractivity contribution in [2.24, 2.45) is 7.05 Å². The van der Waals surface area contributed by atoms with E-state index in [1.165, 1.54) is 16.9 Å². The van der Waals surface area contributed by atoms with Crippen LogP contribution in [0.5, 0.6) is 0 Å². The Bertz CT molecular complexity index is 1180. The van der Waals surface area contributed by atoms with E-state index >= 15 is 0 Å². The average Bonchev–Trinajstić information content (AvgIpc) is 2.95. The van der Waals surface area contributed by atoms with Crippen molar-refractivity contribution < 1.29 is 8.78 Å². The molecule has 0 radical (unpaired) electrons. The zero-order valence-corrected chi connectivity index (χ0v) is 16.3. The van der Waals surface area contributed by atoms with Gasteiger partial charge in [-0.1, -0.05) is 35.9 Å². The van der Waals surface area contributed by atoms with Crippen LogP contribution in [0.15, 0.2) is 40.1 Å². The third kappa shape index (κ3) is 3.35. The van der Waals surface area contributed by atoms with Crippen molar-refractivity contribution >= 4 is 17.3 Å². The van der Waals surface area contributed by atoms with Crippen LogP contribution in [0.25, 0.3) is 0 Å². The molecule has 3 heterocycles. The Kier molecular flexibility index (Phi) is 4.99. The maximum absolute atomic E-state index is 13.4. The molecule has 29 heavy (non-hydrogen) atoms. The topological polar surface area (TPSA) is 75.9 Å². The van der Waals surface area contributed by atoms with Gasteiger partial charge in [0.15, 0.2) is 0 Å². The van der Waals surface area contributed by atoms with Crippen LogP contribution in [0.4, 0.5) is 14.5 Å². The molecule has 152 valence electrons. The van der Waals surface area contributed by atoms with E-state index in [4.69, 9.17) is 11.6 Å². The van der Waals surface area contributed by atoms with E-state index in [1.54, 1.807) is 29.9 Å². The van der Waals surface area contributed by atoms with Gasteiger partial charge in [-0.2, -0.15) is 5.10 Å². The van der Waals surface area contributed by atoms with Gasteiger partial charge in [-0.25, -0.2) is 13.9 Å². The van der Waals surface area contributed by atoms with Gasteiger partial charge in [-0.3, -0.25) is 19.0 Å². The fraction of sp³-hybridized carbons (Fsp3) is 0.316. The van der Waals surface area contributed by atoms with E-state index in [0.717, 1.165) is 5.69 Å². The third-order valence-corrected chi connectivity index (χ3v) is 5.64. The second kappa shape index (κ2) is 7.47. The molecule has 2 aromatic heterocycles. The first-order valence-corrected chi connectivity index (χ1v) is 9.38. The van der Waals surface area contributed by atoms with Crippen LogP contribution in [0.3, 0.4) is 0 Å². The number of alkyl halides is 2. The van der Waals surface area contributed by atoms with Gasteiger partial charge in [0.2, 0.25) is 0 Å². The number of benzene rings is 1. The molecule has 0 spiro atoms. The standard InChI is InChI=1S/C19H18ClF2N5O2/c1-25-19(29)13-10-26(15-8-23-24-18(28)16(15)20)7-6-14(13)27(25)9-11-4-2-3-5-12(11)17(21)22/h2-5,8,17H,6-7,9-10H2,1H3,(H,24,28). The van der Waals surface area contributed by atoms with Gasteiger partial charge in [-0.15, -0.1) is 0 Å². The first-order valence-electron chi connectivity index (χ1n) is 9.00. The third-order valence-electron chi connectivity index (χ3n) is 5.27. The lowest BCUT2D eigenvalue weighted by atomic mass is 10.1. The molecular weight excluding hydrogens is 404 g/mol. The Hall–Kier alpha value is -2.94. The molecule has 1 aromatic carbocycles. The lowest BCUT2D eigenvalue weighted by Crippen LogP contribution is -2.34. The Morgan fingerprint density at radius 2 is 2.03 bits per heavy atom. The number of rotatable bonds is 4. The number of nitrogens with zero attached hydrogens (tertiary/aromatic N) is 4. The molecule has 0 saturated heterocycles. The highest BCUT2D eigenvalue weighted by Gasteiger charge is 2.27. The summed E-state index contributed by atoms with van der Waals surface area (Å²) in [5, 5.41) is 6.07. The predicted octanol–water partition coefficient (Wildman–Crippen LogP) is 2.47. The molecule has 0 saturated carbocycles. The molecule has 7 nitrogen and oxygen atoms in total. The van der Waals surface area contributed by atoms with Crippen LogP contribution >= 0.6 is 11.6 Å². The summed E-state index contributed by atoms with van der Waals surface area (Å²) < 4.78 is 29.9. The summed E-state index contributed by atoms with van der Waals surface area (Å²) in [6.45, 7) is 0.947. The van der Waals surface area contributed by atoms with Gasteiger partial charge in [-0.05, 0) is 5.56 Å². The Morgan fingerprint density at radius 3 is 2.79 bits per heavy atom. The van der Waals surface area contributed by atoms with Gasteiger partial charge in [0.05, 0.1) is 30.5 Å². The van der Waals surface area contributed by atoms with Crippen molar-refractivity contribution in [1.29, 1.82) is 0 Å². The molecule has 0 fully saturated rings. The van der Waals surface area contributed by atoms with Crippen LogP contribution in [-0.2, 0) is 26.6 Å². The molecule has 1 aliphatic heterocycles. The van der Waals surface area contributed by atoms with Gasteiger partial charge < -0.3 is 4.90 Å². The average molecular weight is 422 g/mol. The molecule has 0 bridgehead atoms. The van der Waals surface area contributed by atoms with E-state index < -0.39 is 12.0 Å². The minimum Gasteiger partial charge on any atom is -0.364 e. The molecule has 1 N–H and O–H groups in total. The normalized spacial score (nSPS) is 13.8. The van der Waals surface area contributed by atoms with Crippen molar-refractivity contribution in [3.63, 3.8) is 0 Å². The fourth-order valence-electron chi connectivity index (χ4n) is 3.77. The minimum atomic E-state index is -2.59. The fourth-order valence-corrected chi connectivity index (χ4v) is 3.98. The van der Waals surface area contributed by atoms with Gasteiger partial charge in [0.1, 0.15) is 5.02 Å². The van der Waals surface area contributed by atoms with Crippen molar-refractivity contribution in [3.8, 4) is 0 Å². The van der Waals surface area contributed by atoms with Gasteiger partial charge >= 0.3 is 0 Å². The number of H-pyrrole nitrogens is 1. The Morgan fingerprint density at radius 1 is 1.28 bits per heavy atom. The quantitative estimate of drug-likeness (QED) is 0.702. The first-order chi connectivity index (χ1) is 13.9. The first kappa shape index (κ1) is 19.4. The monoisotopic (exact) mass is 421 g/mol. The van der Waals surface area contributed by atoms with E-state index in [1.807, 2.05) is 4.90 Å². The molecule has 0 unspecified atom stereocenters. The summed E-state index contributed by atoms with van der Waals surface area (Å²) in [6, 6.07) is 6.33. The second-order valence-corrected chi connectivity index (χ2v) is 7.26. The van der Waals surface area contributed by atoms with Crippen molar-refractivity contribution in [2.75, 3.05) is 11.4 Å². The Balaban J connectivity index is 1.71. The maximum atomic E-state index is 13.4. The van der Waals surface area contributed by atoms with Crippen LogP contribution in [0, 0.1) is 0 Å². The molecule has 0 amide bonds. The molecule has 0 aliphatic carbocycles. The van der Waals surface area contributed by atoms with E-state index in [9.17, 15) is 18.4 Å². The molecule has 4 rings (SSSR count). The summed E-state index contributed by atoms with van der Waals surface area (Å²) in [4.78, 5) is 26.4. The minimum absolute atomic E-state index is 0.0190. The maximum Gasteiger partial charge on any atom is 0.285 e. The predicted molar refractivity (Wildman–Crippen MR) is 105 cm³/mol. The summed E-state index contributed by atoms with van der Waals surface area (Å²) in [5.41, 5.74) is 1.55. The van der Waals surface area contributed by atoms with Crippen molar-refractivity contribution in [1.82, 2.24) is 19.6 Å². The van der Waals surface area contributed by atoms with Gasteiger partial charge in [0, 0.05) is 31.3 Å². The highest BCUT2D eigenvalue weighted by atomic mass is 35.5. The number of halogens is 3. The lowest BCUT2D eigenvalue weighted by Gasteiger charge is -2.29. The zero-order valence-electron chi connectivity index (χ0n) is 15.5. The lowest BCUT2D eigenvalue weighted by molar-refractivity contribution is 0.150. The van der Waals surface area contributed by atoms with Crippen LogP contribution in [0.2, 0.25) is 5.02 Å². The second-order valence-electron chi connectivity index (χ2n) is 6.88.